The third-order valence-electron chi connectivity index (χ3n) is 2.48. The van der Waals surface area contributed by atoms with Gasteiger partial charge in [0.2, 0.25) is 0 Å². The van der Waals surface area contributed by atoms with Crippen LogP contribution >= 0.6 is 0 Å². The summed E-state index contributed by atoms with van der Waals surface area (Å²) < 4.78 is 36.9. The van der Waals surface area contributed by atoms with Crippen LogP contribution in [0.1, 0.15) is 5.56 Å². The maximum absolute atomic E-state index is 12.9. The Morgan fingerprint density at radius 3 is 2.72 bits per heavy atom. The van der Waals surface area contributed by atoms with Crippen molar-refractivity contribution in [1.82, 2.24) is 9.78 Å². The number of nitrogens with zero attached hydrogens (tertiary/aromatic N) is 2. The third kappa shape index (κ3) is 2.67. The van der Waals surface area contributed by atoms with E-state index in [0.717, 1.165) is 6.26 Å². The number of hydrogen-bond acceptors (Lipinski definition) is 4. The molecule has 0 amide bonds. The Balaban J connectivity index is 2.27. The summed E-state index contributed by atoms with van der Waals surface area (Å²) in [5, 5.41) is 3.93. The van der Waals surface area contributed by atoms with Gasteiger partial charge in [0.25, 0.3) is 0 Å². The summed E-state index contributed by atoms with van der Waals surface area (Å²) in [5.41, 5.74) is 6.65. The monoisotopic (exact) mass is 269 g/mol. The summed E-state index contributed by atoms with van der Waals surface area (Å²) in [5.74, 6) is -0.409. The smallest absolute Gasteiger partial charge is 0.178 e. The molecule has 0 fully saturated rings. The van der Waals surface area contributed by atoms with E-state index < -0.39 is 15.7 Å². The Labute approximate surface area is 104 Å². The molecule has 0 unspecified atom stereocenters. The van der Waals surface area contributed by atoms with Crippen LogP contribution < -0.4 is 5.73 Å². The van der Waals surface area contributed by atoms with Gasteiger partial charge in [-0.15, -0.1) is 0 Å². The molecule has 2 aromatic rings. The van der Waals surface area contributed by atoms with Gasteiger partial charge in [-0.05, 0) is 17.7 Å². The minimum Gasteiger partial charge on any atom is -0.398 e. The van der Waals surface area contributed by atoms with Crippen LogP contribution in [0.25, 0.3) is 0 Å². The zero-order valence-electron chi connectivity index (χ0n) is 9.67. The number of hydrogen-bond donors (Lipinski definition) is 1. The molecule has 0 radical (unpaired) electrons. The summed E-state index contributed by atoms with van der Waals surface area (Å²) in [4.78, 5) is 0.142. The van der Waals surface area contributed by atoms with Crippen LogP contribution in [-0.2, 0) is 16.4 Å². The van der Waals surface area contributed by atoms with Gasteiger partial charge < -0.3 is 5.73 Å². The molecule has 7 heteroatoms. The summed E-state index contributed by atoms with van der Waals surface area (Å²) in [6, 6.07) is 4.06. The largest absolute Gasteiger partial charge is 0.398 e. The maximum atomic E-state index is 12.9. The van der Waals surface area contributed by atoms with Gasteiger partial charge in [-0.25, -0.2) is 12.8 Å². The number of nitrogens with two attached hydrogens (primary N) is 1. The zero-order valence-corrected chi connectivity index (χ0v) is 10.5. The van der Waals surface area contributed by atoms with Crippen LogP contribution in [0.3, 0.4) is 0 Å². The molecule has 5 nitrogen and oxygen atoms in total. The second-order valence-electron chi connectivity index (χ2n) is 3.99. The normalized spacial score (nSPS) is 11.7. The van der Waals surface area contributed by atoms with Crippen molar-refractivity contribution >= 4 is 15.5 Å². The van der Waals surface area contributed by atoms with E-state index in [9.17, 15) is 12.8 Å². The lowest BCUT2D eigenvalue weighted by Gasteiger charge is -2.05. The van der Waals surface area contributed by atoms with Crippen molar-refractivity contribution in [2.45, 2.75) is 11.4 Å². The van der Waals surface area contributed by atoms with E-state index in [1.807, 2.05) is 0 Å². The number of sulfone groups is 1. The van der Waals surface area contributed by atoms with E-state index in [4.69, 9.17) is 5.73 Å². The number of anilines is 1. The number of rotatable bonds is 3. The molecule has 0 bridgehead atoms. The van der Waals surface area contributed by atoms with Gasteiger partial charge in [-0.3, -0.25) is 4.68 Å². The van der Waals surface area contributed by atoms with Crippen LogP contribution in [0.15, 0.2) is 35.5 Å². The SMILES string of the molecule is CS(=O)(=O)c1cnn(Cc2ccc(F)cc2N)c1. The average Bonchev–Trinajstić information content (AvgIpc) is 2.70. The van der Waals surface area contributed by atoms with E-state index in [1.165, 1.54) is 29.2 Å². The summed E-state index contributed by atoms with van der Waals surface area (Å²) in [7, 11) is -3.27. The first kappa shape index (κ1) is 12.6. The lowest BCUT2D eigenvalue weighted by molar-refractivity contribution is 0.601. The van der Waals surface area contributed by atoms with Crippen molar-refractivity contribution in [3.63, 3.8) is 0 Å². The van der Waals surface area contributed by atoms with Crippen molar-refractivity contribution < 1.29 is 12.8 Å². The first-order valence-corrected chi connectivity index (χ1v) is 7.02. The molecule has 2 N–H and O–H groups in total. The van der Waals surface area contributed by atoms with Crippen molar-refractivity contribution in [1.29, 1.82) is 0 Å². The number of aromatic nitrogens is 2. The number of nitrogen functional groups attached to an aromatic ring is 1. The number of benzene rings is 1. The standard InChI is InChI=1S/C11H12FN3O2S/c1-18(16,17)10-5-14-15(7-10)6-8-2-3-9(12)4-11(8)13/h2-5,7H,6,13H2,1H3. The Kier molecular flexibility index (Phi) is 3.08. The second kappa shape index (κ2) is 4.41. The quantitative estimate of drug-likeness (QED) is 0.845. The van der Waals surface area contributed by atoms with Crippen LogP contribution in [0.4, 0.5) is 10.1 Å². The molecule has 0 aliphatic carbocycles. The van der Waals surface area contributed by atoms with Gasteiger partial charge in [-0.2, -0.15) is 5.10 Å². The van der Waals surface area contributed by atoms with E-state index in [-0.39, 0.29) is 4.90 Å². The van der Waals surface area contributed by atoms with Crippen molar-refractivity contribution in [2.75, 3.05) is 12.0 Å². The lowest BCUT2D eigenvalue weighted by Crippen LogP contribution is -2.04. The van der Waals surface area contributed by atoms with E-state index in [2.05, 4.69) is 5.10 Å². The summed E-state index contributed by atoms with van der Waals surface area (Å²) in [6.07, 6.45) is 3.80. The maximum Gasteiger partial charge on any atom is 0.178 e. The number of halogens is 1. The van der Waals surface area contributed by atoms with Gasteiger partial charge in [0, 0.05) is 18.1 Å². The molecule has 0 aliphatic heterocycles. The minimum atomic E-state index is -3.27. The Bertz CT molecular complexity index is 679. The van der Waals surface area contributed by atoms with E-state index >= 15 is 0 Å². The van der Waals surface area contributed by atoms with Crippen molar-refractivity contribution in [3.8, 4) is 0 Å². The Morgan fingerprint density at radius 2 is 2.17 bits per heavy atom. The molecule has 0 saturated carbocycles. The molecule has 0 spiro atoms. The fourth-order valence-corrected chi connectivity index (χ4v) is 2.06. The van der Waals surface area contributed by atoms with Crippen LogP contribution in [0, 0.1) is 5.82 Å². The molecule has 1 aromatic heterocycles. The van der Waals surface area contributed by atoms with E-state index in [1.54, 1.807) is 6.07 Å². The van der Waals surface area contributed by atoms with Gasteiger partial charge in [-0.1, -0.05) is 6.07 Å². The summed E-state index contributed by atoms with van der Waals surface area (Å²) >= 11 is 0. The van der Waals surface area contributed by atoms with Gasteiger partial charge in [0.15, 0.2) is 9.84 Å². The molecule has 1 aromatic carbocycles. The van der Waals surface area contributed by atoms with Crippen LogP contribution in [-0.4, -0.2) is 24.5 Å². The molecule has 0 aliphatic rings. The molecule has 96 valence electrons. The average molecular weight is 269 g/mol. The van der Waals surface area contributed by atoms with Gasteiger partial charge in [0.05, 0.1) is 12.7 Å². The molecule has 1 heterocycles. The predicted molar refractivity (Wildman–Crippen MR) is 65.3 cm³/mol. The Morgan fingerprint density at radius 1 is 1.44 bits per heavy atom. The van der Waals surface area contributed by atoms with Gasteiger partial charge in [0.1, 0.15) is 10.7 Å². The molecular weight excluding hydrogens is 257 g/mol. The molecular formula is C11H12FN3O2S. The molecule has 0 atom stereocenters. The second-order valence-corrected chi connectivity index (χ2v) is 6.00. The fourth-order valence-electron chi connectivity index (χ4n) is 1.51. The first-order valence-electron chi connectivity index (χ1n) is 5.12. The highest BCUT2D eigenvalue weighted by atomic mass is 32.2. The predicted octanol–water partition coefficient (Wildman–Crippen LogP) is 1.06. The zero-order chi connectivity index (χ0) is 13.3. The highest BCUT2D eigenvalue weighted by Gasteiger charge is 2.10. The fraction of sp³-hybridized carbons (Fsp3) is 0.182. The third-order valence-corrected chi connectivity index (χ3v) is 3.55. The first-order chi connectivity index (χ1) is 8.36. The van der Waals surface area contributed by atoms with Crippen molar-refractivity contribution in [2.24, 2.45) is 0 Å². The van der Waals surface area contributed by atoms with Crippen LogP contribution in [0.2, 0.25) is 0 Å². The lowest BCUT2D eigenvalue weighted by atomic mass is 10.2. The molecule has 18 heavy (non-hydrogen) atoms. The van der Waals surface area contributed by atoms with Gasteiger partial charge >= 0.3 is 0 Å². The highest BCUT2D eigenvalue weighted by molar-refractivity contribution is 7.90. The Hall–Kier alpha value is -1.89. The molecule has 2 rings (SSSR count). The topological polar surface area (TPSA) is 78.0 Å². The van der Waals surface area contributed by atoms with Crippen molar-refractivity contribution in [3.05, 3.63) is 42.0 Å². The molecule has 0 saturated heterocycles. The highest BCUT2D eigenvalue weighted by Crippen LogP contribution is 2.15. The minimum absolute atomic E-state index is 0.142. The summed E-state index contributed by atoms with van der Waals surface area (Å²) in [6.45, 7) is 0.293. The van der Waals surface area contributed by atoms with E-state index in [0.29, 0.717) is 17.8 Å². The van der Waals surface area contributed by atoms with Crippen LogP contribution in [0.5, 0.6) is 0 Å².